The summed E-state index contributed by atoms with van der Waals surface area (Å²) in [6, 6.07) is 4.05. The van der Waals surface area contributed by atoms with Gasteiger partial charge in [0, 0.05) is 17.6 Å². The molecule has 1 aliphatic rings. The highest BCUT2D eigenvalue weighted by molar-refractivity contribution is 5.22. The summed E-state index contributed by atoms with van der Waals surface area (Å²) in [5, 5.41) is 3.30. The monoisotopic (exact) mass is 239 g/mol. The fourth-order valence-electron chi connectivity index (χ4n) is 2.48. The molecule has 0 radical (unpaired) electrons. The van der Waals surface area contributed by atoms with Crippen LogP contribution in [-0.2, 0) is 0 Å². The fourth-order valence-corrected chi connectivity index (χ4v) is 2.48. The van der Waals surface area contributed by atoms with Gasteiger partial charge in [-0.25, -0.2) is 8.78 Å². The Bertz CT molecular complexity index is 368. The molecule has 0 saturated heterocycles. The summed E-state index contributed by atoms with van der Waals surface area (Å²) >= 11 is 0. The molecule has 1 fully saturated rings. The van der Waals surface area contributed by atoms with Crippen molar-refractivity contribution in [2.75, 3.05) is 0 Å². The molecule has 1 aromatic carbocycles. The average molecular weight is 239 g/mol. The first-order valence-corrected chi connectivity index (χ1v) is 6.29. The zero-order chi connectivity index (χ0) is 12.4. The summed E-state index contributed by atoms with van der Waals surface area (Å²) in [6.07, 6.45) is 3.72. The van der Waals surface area contributed by atoms with Gasteiger partial charge in [0.05, 0.1) is 0 Å². The first kappa shape index (κ1) is 12.5. The summed E-state index contributed by atoms with van der Waals surface area (Å²) < 4.78 is 27.1. The van der Waals surface area contributed by atoms with E-state index in [1.807, 2.05) is 6.92 Å². The third kappa shape index (κ3) is 2.65. The molecule has 1 nitrogen and oxygen atoms in total. The molecule has 0 aromatic heterocycles. The Balaban J connectivity index is 2.05. The predicted octanol–water partition coefficient (Wildman–Crippen LogP) is 3.80. The summed E-state index contributed by atoms with van der Waals surface area (Å²) in [7, 11) is 0. The SMILES string of the molecule is CC(NC(C)C1CCC1)c1c(F)cccc1F. The molecule has 1 aromatic rings. The van der Waals surface area contributed by atoms with Crippen molar-refractivity contribution >= 4 is 0 Å². The van der Waals surface area contributed by atoms with Crippen LogP contribution in [0.3, 0.4) is 0 Å². The molecule has 1 aliphatic carbocycles. The van der Waals surface area contributed by atoms with Crippen LogP contribution in [-0.4, -0.2) is 6.04 Å². The van der Waals surface area contributed by atoms with Crippen LogP contribution < -0.4 is 5.32 Å². The van der Waals surface area contributed by atoms with Crippen molar-refractivity contribution in [3.8, 4) is 0 Å². The molecule has 0 heterocycles. The van der Waals surface area contributed by atoms with Gasteiger partial charge in [0.2, 0.25) is 0 Å². The second-order valence-electron chi connectivity index (χ2n) is 5.00. The maximum Gasteiger partial charge on any atom is 0.130 e. The van der Waals surface area contributed by atoms with Crippen LogP contribution in [0.25, 0.3) is 0 Å². The largest absolute Gasteiger partial charge is 0.307 e. The molecule has 3 heteroatoms. The van der Waals surface area contributed by atoms with Gasteiger partial charge in [-0.05, 0) is 44.7 Å². The van der Waals surface area contributed by atoms with Gasteiger partial charge in [-0.3, -0.25) is 0 Å². The van der Waals surface area contributed by atoms with E-state index in [1.165, 1.54) is 37.5 Å². The number of benzene rings is 1. The van der Waals surface area contributed by atoms with Gasteiger partial charge in [0.25, 0.3) is 0 Å². The Kier molecular flexibility index (Phi) is 3.77. The molecule has 2 atom stereocenters. The lowest BCUT2D eigenvalue weighted by Crippen LogP contribution is -2.38. The first-order valence-electron chi connectivity index (χ1n) is 6.29. The van der Waals surface area contributed by atoms with E-state index in [1.54, 1.807) is 0 Å². The van der Waals surface area contributed by atoms with Crippen molar-refractivity contribution in [1.82, 2.24) is 5.32 Å². The molecule has 0 amide bonds. The van der Waals surface area contributed by atoms with Crippen molar-refractivity contribution in [2.45, 2.75) is 45.2 Å². The molecule has 0 bridgehead atoms. The van der Waals surface area contributed by atoms with E-state index in [9.17, 15) is 8.78 Å². The molecular weight excluding hydrogens is 220 g/mol. The number of halogens is 2. The maximum absolute atomic E-state index is 13.6. The summed E-state index contributed by atoms with van der Waals surface area (Å²) in [6.45, 7) is 3.91. The number of rotatable bonds is 4. The topological polar surface area (TPSA) is 12.0 Å². The minimum atomic E-state index is -0.467. The fraction of sp³-hybridized carbons (Fsp3) is 0.571. The zero-order valence-electron chi connectivity index (χ0n) is 10.3. The van der Waals surface area contributed by atoms with Gasteiger partial charge >= 0.3 is 0 Å². The summed E-state index contributed by atoms with van der Waals surface area (Å²) in [5.74, 6) is -0.274. The van der Waals surface area contributed by atoms with Gasteiger partial charge in [0.15, 0.2) is 0 Å². The van der Waals surface area contributed by atoms with E-state index in [0.29, 0.717) is 12.0 Å². The van der Waals surface area contributed by atoms with Crippen LogP contribution in [0, 0.1) is 17.6 Å². The highest BCUT2D eigenvalue weighted by Crippen LogP contribution is 2.31. The standard InChI is InChI=1S/C14H19F2N/c1-9(11-5-3-6-11)17-10(2)14-12(15)7-4-8-13(14)16/h4,7-11,17H,3,5-6H2,1-2H3. The van der Waals surface area contributed by atoms with Crippen molar-refractivity contribution in [2.24, 2.45) is 5.92 Å². The Labute approximate surface area is 101 Å². The highest BCUT2D eigenvalue weighted by Gasteiger charge is 2.26. The second-order valence-corrected chi connectivity index (χ2v) is 5.00. The zero-order valence-corrected chi connectivity index (χ0v) is 10.3. The molecule has 94 valence electrons. The molecule has 2 rings (SSSR count). The minimum Gasteiger partial charge on any atom is -0.307 e. The van der Waals surface area contributed by atoms with Crippen LogP contribution in [0.1, 0.15) is 44.7 Å². The quantitative estimate of drug-likeness (QED) is 0.842. The van der Waals surface area contributed by atoms with Crippen molar-refractivity contribution < 1.29 is 8.78 Å². The lowest BCUT2D eigenvalue weighted by molar-refractivity contribution is 0.228. The van der Waals surface area contributed by atoms with Gasteiger partial charge in [-0.15, -0.1) is 0 Å². The van der Waals surface area contributed by atoms with Crippen LogP contribution in [0.15, 0.2) is 18.2 Å². The molecular formula is C14H19F2N. The number of hydrogen-bond donors (Lipinski definition) is 1. The van der Waals surface area contributed by atoms with Crippen LogP contribution >= 0.6 is 0 Å². The molecule has 0 aliphatic heterocycles. The van der Waals surface area contributed by atoms with Gasteiger partial charge < -0.3 is 5.32 Å². The van der Waals surface area contributed by atoms with E-state index in [0.717, 1.165) is 0 Å². The third-order valence-electron chi connectivity index (χ3n) is 3.80. The molecule has 17 heavy (non-hydrogen) atoms. The number of nitrogens with one attached hydrogen (secondary N) is 1. The lowest BCUT2D eigenvalue weighted by atomic mass is 9.80. The first-order chi connectivity index (χ1) is 8.09. The Hall–Kier alpha value is -0.960. The average Bonchev–Trinajstić information content (AvgIpc) is 2.13. The number of hydrogen-bond acceptors (Lipinski definition) is 1. The van der Waals surface area contributed by atoms with Gasteiger partial charge in [0.1, 0.15) is 11.6 Å². The normalized spacial score (nSPS) is 19.8. The van der Waals surface area contributed by atoms with Crippen molar-refractivity contribution in [1.29, 1.82) is 0 Å². The van der Waals surface area contributed by atoms with Crippen molar-refractivity contribution in [3.05, 3.63) is 35.4 Å². The van der Waals surface area contributed by atoms with Crippen molar-refractivity contribution in [3.63, 3.8) is 0 Å². The predicted molar refractivity (Wildman–Crippen MR) is 64.7 cm³/mol. The van der Waals surface area contributed by atoms with E-state index >= 15 is 0 Å². The minimum absolute atomic E-state index is 0.152. The van der Waals surface area contributed by atoms with Gasteiger partial charge in [-0.1, -0.05) is 12.5 Å². The molecule has 1 saturated carbocycles. The molecule has 2 unspecified atom stereocenters. The Morgan fingerprint density at radius 3 is 2.24 bits per heavy atom. The summed E-state index contributed by atoms with van der Waals surface area (Å²) in [4.78, 5) is 0. The molecule has 1 N–H and O–H groups in total. The van der Waals surface area contributed by atoms with Crippen LogP contribution in [0.5, 0.6) is 0 Å². The smallest absolute Gasteiger partial charge is 0.130 e. The third-order valence-corrected chi connectivity index (χ3v) is 3.80. The van der Waals surface area contributed by atoms with E-state index < -0.39 is 11.6 Å². The summed E-state index contributed by atoms with van der Waals surface area (Å²) in [5.41, 5.74) is 0.152. The van der Waals surface area contributed by atoms with E-state index in [2.05, 4.69) is 12.2 Å². The van der Waals surface area contributed by atoms with Crippen LogP contribution in [0.2, 0.25) is 0 Å². The van der Waals surface area contributed by atoms with Gasteiger partial charge in [-0.2, -0.15) is 0 Å². The van der Waals surface area contributed by atoms with Crippen LogP contribution in [0.4, 0.5) is 8.78 Å². The lowest BCUT2D eigenvalue weighted by Gasteiger charge is -2.34. The molecule has 0 spiro atoms. The highest BCUT2D eigenvalue weighted by atomic mass is 19.1. The second kappa shape index (κ2) is 5.13. The maximum atomic E-state index is 13.6. The van der Waals surface area contributed by atoms with E-state index in [4.69, 9.17) is 0 Å². The Morgan fingerprint density at radius 1 is 1.18 bits per heavy atom. The Morgan fingerprint density at radius 2 is 1.76 bits per heavy atom. The van der Waals surface area contributed by atoms with E-state index in [-0.39, 0.29) is 11.6 Å².